The molecule has 1 aromatic heterocycles. The molecule has 1 aliphatic rings. The number of benzene rings is 2. The van der Waals surface area contributed by atoms with Crippen LogP contribution in [0.5, 0.6) is 5.75 Å². The third-order valence-electron chi connectivity index (χ3n) is 6.73. The van der Waals surface area contributed by atoms with E-state index in [1.807, 2.05) is 31.2 Å². The van der Waals surface area contributed by atoms with E-state index in [-0.39, 0.29) is 17.9 Å². The zero-order valence-corrected chi connectivity index (χ0v) is 23.9. The van der Waals surface area contributed by atoms with Gasteiger partial charge in [-0.15, -0.1) is 0 Å². The Labute approximate surface area is 238 Å². The molecule has 212 valence electrons. The average Bonchev–Trinajstić information content (AvgIpc) is 3.32. The van der Waals surface area contributed by atoms with Crippen LogP contribution in [0.25, 0.3) is 0 Å². The van der Waals surface area contributed by atoms with Gasteiger partial charge < -0.3 is 24.6 Å². The van der Waals surface area contributed by atoms with Gasteiger partial charge in [0.05, 0.1) is 23.0 Å². The van der Waals surface area contributed by atoms with Gasteiger partial charge in [-0.1, -0.05) is 29.8 Å². The molecule has 0 aliphatic carbocycles. The number of hydrogen-bond acceptors (Lipinski definition) is 6. The minimum absolute atomic E-state index is 0.103. The lowest BCUT2D eigenvalue weighted by molar-refractivity contribution is -0.136. The lowest BCUT2D eigenvalue weighted by Gasteiger charge is -2.35. The Balaban J connectivity index is 1.32. The van der Waals surface area contributed by atoms with Gasteiger partial charge in [-0.2, -0.15) is 5.10 Å². The van der Waals surface area contributed by atoms with Crippen LogP contribution in [-0.2, 0) is 16.1 Å². The predicted molar refractivity (Wildman–Crippen MR) is 152 cm³/mol. The van der Waals surface area contributed by atoms with Crippen molar-refractivity contribution in [2.24, 2.45) is 0 Å². The molecule has 0 bridgehead atoms. The Morgan fingerprint density at radius 3 is 2.38 bits per heavy atom. The number of carbonyl (C=O) groups excluding carboxylic acids is 3. The largest absolute Gasteiger partial charge is 0.487 e. The molecular weight excluding hydrogens is 534 g/mol. The molecule has 11 heteroatoms. The van der Waals surface area contributed by atoms with Crippen LogP contribution in [-0.4, -0.2) is 70.3 Å². The van der Waals surface area contributed by atoms with Crippen LogP contribution in [0.4, 0.5) is 10.5 Å². The quantitative estimate of drug-likeness (QED) is 0.417. The average molecular weight is 568 g/mol. The van der Waals surface area contributed by atoms with Crippen molar-refractivity contribution in [1.82, 2.24) is 19.6 Å². The minimum Gasteiger partial charge on any atom is -0.487 e. The zero-order valence-electron chi connectivity index (χ0n) is 23.1. The molecule has 0 radical (unpaired) electrons. The molecule has 40 heavy (non-hydrogen) atoms. The van der Waals surface area contributed by atoms with E-state index in [2.05, 4.69) is 10.4 Å². The van der Waals surface area contributed by atoms with Crippen molar-refractivity contribution >= 4 is 35.2 Å². The van der Waals surface area contributed by atoms with Crippen molar-refractivity contribution in [2.45, 2.75) is 40.3 Å². The Bertz CT molecular complexity index is 1370. The Hall–Kier alpha value is -4.05. The standard InChI is InChI=1S/C29H34ClN5O5/c1-5-39-29(38)34-14-12-33(13-15-34)28(37)21(4)35-17-25(20(3)32-35)31-27(36)23-9-7-22(8-10-23)18-40-26-16-19(2)6-11-24(26)30/h6-11,16-17,21H,5,12-15,18H2,1-4H3,(H,31,36). The SMILES string of the molecule is CCOC(=O)N1CCN(C(=O)C(C)n2cc(NC(=O)c3ccc(COc4cc(C)ccc4Cl)cc3)c(C)n2)CC1. The first-order chi connectivity index (χ1) is 19.2. The molecule has 1 N–H and O–H groups in total. The van der Waals surface area contributed by atoms with Crippen LogP contribution >= 0.6 is 11.6 Å². The van der Waals surface area contributed by atoms with E-state index in [1.54, 1.807) is 59.6 Å². The van der Waals surface area contributed by atoms with E-state index in [0.29, 0.717) is 67.1 Å². The molecule has 0 saturated carbocycles. The van der Waals surface area contributed by atoms with Crippen LogP contribution in [0.2, 0.25) is 5.02 Å². The fraction of sp³-hybridized carbons (Fsp3) is 0.379. The summed E-state index contributed by atoms with van der Waals surface area (Å²) in [6, 6.07) is 12.2. The van der Waals surface area contributed by atoms with Crippen molar-refractivity contribution in [1.29, 1.82) is 0 Å². The number of nitrogens with one attached hydrogen (secondary N) is 1. The Morgan fingerprint density at radius 2 is 1.70 bits per heavy atom. The molecule has 2 heterocycles. The second-order valence-corrected chi connectivity index (χ2v) is 10.1. The van der Waals surface area contributed by atoms with E-state index >= 15 is 0 Å². The van der Waals surface area contributed by atoms with Crippen LogP contribution < -0.4 is 10.1 Å². The van der Waals surface area contributed by atoms with Gasteiger partial charge in [0.2, 0.25) is 5.91 Å². The number of rotatable bonds is 8. The minimum atomic E-state index is -0.570. The normalized spacial score (nSPS) is 14.0. The van der Waals surface area contributed by atoms with E-state index in [4.69, 9.17) is 21.1 Å². The predicted octanol–water partition coefficient (Wildman–Crippen LogP) is 4.85. The first-order valence-electron chi connectivity index (χ1n) is 13.2. The van der Waals surface area contributed by atoms with Gasteiger partial charge in [-0.25, -0.2) is 4.79 Å². The highest BCUT2D eigenvalue weighted by atomic mass is 35.5. The molecule has 0 spiro atoms. The first kappa shape index (κ1) is 28.9. The van der Waals surface area contributed by atoms with E-state index in [9.17, 15) is 14.4 Å². The highest BCUT2D eigenvalue weighted by molar-refractivity contribution is 6.32. The first-order valence-corrected chi connectivity index (χ1v) is 13.6. The molecule has 2 aromatic carbocycles. The fourth-order valence-electron chi connectivity index (χ4n) is 4.33. The number of nitrogens with zero attached hydrogens (tertiary/aromatic N) is 4. The van der Waals surface area contributed by atoms with Crippen molar-refractivity contribution in [3.05, 3.63) is 76.1 Å². The lowest BCUT2D eigenvalue weighted by Crippen LogP contribution is -2.52. The number of anilines is 1. The summed E-state index contributed by atoms with van der Waals surface area (Å²) < 4.78 is 12.4. The van der Waals surface area contributed by atoms with E-state index < -0.39 is 6.04 Å². The van der Waals surface area contributed by atoms with E-state index in [1.165, 1.54) is 0 Å². The number of piperazine rings is 1. The maximum atomic E-state index is 13.1. The summed E-state index contributed by atoms with van der Waals surface area (Å²) >= 11 is 6.20. The summed E-state index contributed by atoms with van der Waals surface area (Å²) in [6.07, 6.45) is 1.30. The maximum Gasteiger partial charge on any atom is 0.409 e. The highest BCUT2D eigenvalue weighted by Gasteiger charge is 2.29. The van der Waals surface area contributed by atoms with Crippen molar-refractivity contribution < 1.29 is 23.9 Å². The number of halogens is 1. The molecule has 3 aromatic rings. The summed E-state index contributed by atoms with van der Waals surface area (Å²) in [5.74, 6) is 0.224. The van der Waals surface area contributed by atoms with Crippen LogP contribution in [0.1, 0.15) is 47.1 Å². The monoisotopic (exact) mass is 567 g/mol. The Morgan fingerprint density at radius 1 is 1.02 bits per heavy atom. The zero-order chi connectivity index (χ0) is 28.8. The summed E-state index contributed by atoms with van der Waals surface area (Å²) in [6.45, 7) is 9.59. The molecule has 1 saturated heterocycles. The third-order valence-corrected chi connectivity index (χ3v) is 7.05. The smallest absolute Gasteiger partial charge is 0.409 e. The molecule has 1 fully saturated rings. The second-order valence-electron chi connectivity index (χ2n) is 9.67. The molecular formula is C29H34ClN5O5. The van der Waals surface area contributed by atoms with Gasteiger partial charge >= 0.3 is 6.09 Å². The second kappa shape index (κ2) is 12.9. The maximum absolute atomic E-state index is 13.1. The van der Waals surface area contributed by atoms with Crippen LogP contribution in [0.15, 0.2) is 48.7 Å². The summed E-state index contributed by atoms with van der Waals surface area (Å²) in [5, 5.41) is 7.90. The lowest BCUT2D eigenvalue weighted by atomic mass is 10.1. The number of ether oxygens (including phenoxy) is 2. The van der Waals surface area contributed by atoms with Crippen LogP contribution in [0.3, 0.4) is 0 Å². The highest BCUT2D eigenvalue weighted by Crippen LogP contribution is 2.26. The summed E-state index contributed by atoms with van der Waals surface area (Å²) in [4.78, 5) is 41.3. The summed E-state index contributed by atoms with van der Waals surface area (Å²) in [5.41, 5.74) is 3.55. The molecule has 4 rings (SSSR count). The molecule has 1 unspecified atom stereocenters. The van der Waals surface area contributed by atoms with Gasteiger partial charge in [0.15, 0.2) is 0 Å². The fourth-order valence-corrected chi connectivity index (χ4v) is 4.51. The van der Waals surface area contributed by atoms with Crippen molar-refractivity contribution in [3.63, 3.8) is 0 Å². The molecule has 3 amide bonds. The number of hydrogen-bond donors (Lipinski definition) is 1. The number of aromatic nitrogens is 2. The van der Waals surface area contributed by atoms with Gasteiger partial charge in [-0.05, 0) is 63.1 Å². The van der Waals surface area contributed by atoms with E-state index in [0.717, 1.165) is 11.1 Å². The third kappa shape index (κ3) is 6.93. The van der Waals surface area contributed by atoms with Gasteiger partial charge in [0.25, 0.3) is 5.91 Å². The molecule has 1 aliphatic heterocycles. The Kier molecular flexibility index (Phi) is 9.31. The van der Waals surface area contributed by atoms with Gasteiger partial charge in [-0.3, -0.25) is 14.3 Å². The molecule has 10 nitrogen and oxygen atoms in total. The van der Waals surface area contributed by atoms with Gasteiger partial charge in [0, 0.05) is 37.9 Å². The molecule has 1 atom stereocenters. The van der Waals surface area contributed by atoms with Crippen molar-refractivity contribution in [2.75, 3.05) is 38.1 Å². The van der Waals surface area contributed by atoms with Crippen molar-refractivity contribution in [3.8, 4) is 5.75 Å². The summed E-state index contributed by atoms with van der Waals surface area (Å²) in [7, 11) is 0. The number of carbonyl (C=O) groups is 3. The topological polar surface area (TPSA) is 106 Å². The van der Waals surface area contributed by atoms with Gasteiger partial charge in [0.1, 0.15) is 18.4 Å². The number of aryl methyl sites for hydroxylation is 2. The number of amides is 3. The van der Waals surface area contributed by atoms with Crippen LogP contribution in [0, 0.1) is 13.8 Å².